The van der Waals surface area contributed by atoms with Crippen molar-refractivity contribution in [3.8, 4) is 6.07 Å². The number of para-hydroxylation sites is 1. The SMILES string of the molecule is CSc1ccc(/C=C(\C#N)C(=O)Nc2ccccc2F)cc1. The zero-order valence-corrected chi connectivity index (χ0v) is 12.7. The van der Waals surface area contributed by atoms with Crippen LogP contribution in [0.2, 0.25) is 0 Å². The Morgan fingerprint density at radius 1 is 1.23 bits per heavy atom. The smallest absolute Gasteiger partial charge is 0.266 e. The van der Waals surface area contributed by atoms with E-state index in [1.165, 1.54) is 24.3 Å². The van der Waals surface area contributed by atoms with E-state index in [4.69, 9.17) is 5.26 Å². The van der Waals surface area contributed by atoms with Crippen molar-refractivity contribution in [3.63, 3.8) is 0 Å². The molecule has 0 radical (unpaired) electrons. The highest BCUT2D eigenvalue weighted by molar-refractivity contribution is 7.98. The van der Waals surface area contributed by atoms with Gasteiger partial charge in [0.15, 0.2) is 0 Å². The summed E-state index contributed by atoms with van der Waals surface area (Å²) in [5, 5.41) is 11.5. The zero-order valence-electron chi connectivity index (χ0n) is 11.8. The number of halogens is 1. The number of nitrogens with zero attached hydrogens (tertiary/aromatic N) is 1. The third-order valence-electron chi connectivity index (χ3n) is 2.91. The second kappa shape index (κ2) is 7.43. The fourth-order valence-electron chi connectivity index (χ4n) is 1.77. The summed E-state index contributed by atoms with van der Waals surface area (Å²) in [7, 11) is 0. The first-order chi connectivity index (χ1) is 10.6. The standard InChI is InChI=1S/C17H13FN2OS/c1-22-14-8-6-12(7-9-14)10-13(11-19)17(21)20-16-5-3-2-4-15(16)18/h2-10H,1H3,(H,20,21)/b13-10+. The van der Waals surface area contributed by atoms with Gasteiger partial charge in [-0.3, -0.25) is 4.79 Å². The molecule has 2 aromatic rings. The van der Waals surface area contributed by atoms with Crippen LogP contribution in [0.5, 0.6) is 0 Å². The number of anilines is 1. The number of nitrogens with one attached hydrogen (secondary N) is 1. The number of carbonyl (C=O) groups is 1. The van der Waals surface area contributed by atoms with Crippen molar-refractivity contribution in [3.05, 3.63) is 65.5 Å². The third-order valence-corrected chi connectivity index (χ3v) is 3.66. The topological polar surface area (TPSA) is 52.9 Å². The molecule has 0 saturated heterocycles. The molecular weight excluding hydrogens is 299 g/mol. The summed E-state index contributed by atoms with van der Waals surface area (Å²) in [6, 6.07) is 15.1. The Balaban J connectivity index is 2.20. The minimum atomic E-state index is -0.637. The predicted octanol–water partition coefficient (Wildman–Crippen LogP) is 4.09. The summed E-state index contributed by atoms with van der Waals surface area (Å²) < 4.78 is 13.5. The maximum absolute atomic E-state index is 13.5. The van der Waals surface area contributed by atoms with Crippen molar-refractivity contribution in [1.82, 2.24) is 0 Å². The summed E-state index contributed by atoms with van der Waals surface area (Å²) in [6.45, 7) is 0. The second-order valence-corrected chi connectivity index (χ2v) is 5.26. The third kappa shape index (κ3) is 3.96. The number of benzene rings is 2. The molecule has 0 saturated carbocycles. The number of hydrogen-bond acceptors (Lipinski definition) is 3. The maximum Gasteiger partial charge on any atom is 0.266 e. The minimum Gasteiger partial charge on any atom is -0.319 e. The van der Waals surface area contributed by atoms with Gasteiger partial charge in [0.05, 0.1) is 5.69 Å². The van der Waals surface area contributed by atoms with Gasteiger partial charge >= 0.3 is 0 Å². The van der Waals surface area contributed by atoms with Gasteiger partial charge in [0, 0.05) is 4.90 Å². The van der Waals surface area contributed by atoms with Gasteiger partial charge in [-0.05, 0) is 42.2 Å². The Kier molecular flexibility index (Phi) is 5.34. The first kappa shape index (κ1) is 15.8. The van der Waals surface area contributed by atoms with E-state index in [2.05, 4.69) is 5.32 Å². The fraction of sp³-hybridized carbons (Fsp3) is 0.0588. The molecule has 2 rings (SSSR count). The fourth-order valence-corrected chi connectivity index (χ4v) is 2.18. The van der Waals surface area contributed by atoms with Crippen LogP contribution in [0.1, 0.15) is 5.56 Å². The Morgan fingerprint density at radius 3 is 2.50 bits per heavy atom. The quantitative estimate of drug-likeness (QED) is 0.525. The van der Waals surface area contributed by atoms with Gasteiger partial charge < -0.3 is 5.32 Å². The molecule has 0 heterocycles. The summed E-state index contributed by atoms with van der Waals surface area (Å²) in [6.07, 6.45) is 3.44. The van der Waals surface area contributed by atoms with Crippen LogP contribution in [-0.2, 0) is 4.79 Å². The van der Waals surface area contributed by atoms with Crippen molar-refractivity contribution in [2.75, 3.05) is 11.6 Å². The molecule has 0 bridgehead atoms. The van der Waals surface area contributed by atoms with Crippen LogP contribution >= 0.6 is 11.8 Å². The molecule has 0 fully saturated rings. The van der Waals surface area contributed by atoms with Gasteiger partial charge in [-0.15, -0.1) is 11.8 Å². The molecule has 0 aliphatic rings. The average Bonchev–Trinajstić information content (AvgIpc) is 2.55. The maximum atomic E-state index is 13.5. The van der Waals surface area contributed by atoms with E-state index in [-0.39, 0.29) is 11.3 Å². The lowest BCUT2D eigenvalue weighted by atomic mass is 10.1. The summed E-state index contributed by atoms with van der Waals surface area (Å²) in [5.41, 5.74) is 0.699. The van der Waals surface area contributed by atoms with Gasteiger partial charge in [-0.2, -0.15) is 5.26 Å². The van der Waals surface area contributed by atoms with Crippen LogP contribution in [0.15, 0.2) is 59.0 Å². The van der Waals surface area contributed by atoms with Gasteiger partial charge in [0.1, 0.15) is 17.5 Å². The molecule has 1 N–H and O–H groups in total. The van der Waals surface area contributed by atoms with Crippen molar-refractivity contribution in [2.24, 2.45) is 0 Å². The number of hydrogen-bond donors (Lipinski definition) is 1. The summed E-state index contributed by atoms with van der Waals surface area (Å²) in [4.78, 5) is 13.1. The van der Waals surface area contributed by atoms with Crippen molar-refractivity contribution in [2.45, 2.75) is 4.90 Å². The molecule has 5 heteroatoms. The van der Waals surface area contributed by atoms with E-state index in [1.54, 1.807) is 17.8 Å². The molecule has 2 aromatic carbocycles. The van der Waals surface area contributed by atoms with Crippen LogP contribution < -0.4 is 5.32 Å². The molecular formula is C17H13FN2OS. The van der Waals surface area contributed by atoms with Crippen molar-refractivity contribution < 1.29 is 9.18 Å². The van der Waals surface area contributed by atoms with E-state index in [0.29, 0.717) is 0 Å². The molecule has 0 atom stereocenters. The first-order valence-electron chi connectivity index (χ1n) is 6.46. The van der Waals surface area contributed by atoms with Gasteiger partial charge in [-0.1, -0.05) is 24.3 Å². The van der Waals surface area contributed by atoms with E-state index < -0.39 is 11.7 Å². The molecule has 0 aliphatic heterocycles. The Bertz CT molecular complexity index is 748. The molecule has 1 amide bonds. The molecule has 0 aliphatic carbocycles. The highest BCUT2D eigenvalue weighted by Crippen LogP contribution is 2.18. The Labute approximate surface area is 132 Å². The van der Waals surface area contributed by atoms with E-state index in [1.807, 2.05) is 36.6 Å². The van der Waals surface area contributed by atoms with E-state index in [9.17, 15) is 9.18 Å². The number of nitriles is 1. The van der Waals surface area contributed by atoms with E-state index in [0.717, 1.165) is 10.5 Å². The lowest BCUT2D eigenvalue weighted by Crippen LogP contribution is -2.14. The molecule has 22 heavy (non-hydrogen) atoms. The number of carbonyl (C=O) groups excluding carboxylic acids is 1. The number of amides is 1. The molecule has 3 nitrogen and oxygen atoms in total. The highest BCUT2D eigenvalue weighted by atomic mass is 32.2. The Hall–Kier alpha value is -2.58. The van der Waals surface area contributed by atoms with Crippen LogP contribution in [0.25, 0.3) is 6.08 Å². The van der Waals surface area contributed by atoms with Gasteiger partial charge in [-0.25, -0.2) is 4.39 Å². The van der Waals surface area contributed by atoms with Gasteiger partial charge in [0.25, 0.3) is 5.91 Å². The van der Waals surface area contributed by atoms with Crippen molar-refractivity contribution in [1.29, 1.82) is 5.26 Å². The molecule has 0 unspecified atom stereocenters. The number of thioether (sulfide) groups is 1. The largest absolute Gasteiger partial charge is 0.319 e. The zero-order chi connectivity index (χ0) is 15.9. The van der Waals surface area contributed by atoms with Crippen LogP contribution in [0.4, 0.5) is 10.1 Å². The minimum absolute atomic E-state index is 0.0476. The lowest BCUT2D eigenvalue weighted by Gasteiger charge is -2.05. The normalized spacial score (nSPS) is 10.9. The highest BCUT2D eigenvalue weighted by Gasteiger charge is 2.11. The average molecular weight is 312 g/mol. The first-order valence-corrected chi connectivity index (χ1v) is 7.68. The summed E-state index contributed by atoms with van der Waals surface area (Å²) in [5.74, 6) is -1.18. The second-order valence-electron chi connectivity index (χ2n) is 4.38. The monoisotopic (exact) mass is 312 g/mol. The predicted molar refractivity (Wildman–Crippen MR) is 86.8 cm³/mol. The molecule has 0 aromatic heterocycles. The Morgan fingerprint density at radius 2 is 1.91 bits per heavy atom. The molecule has 0 spiro atoms. The van der Waals surface area contributed by atoms with Gasteiger partial charge in [0.2, 0.25) is 0 Å². The summed E-state index contributed by atoms with van der Waals surface area (Å²) >= 11 is 1.61. The molecule has 110 valence electrons. The lowest BCUT2D eigenvalue weighted by molar-refractivity contribution is -0.112. The van der Waals surface area contributed by atoms with Crippen LogP contribution in [-0.4, -0.2) is 12.2 Å². The number of rotatable bonds is 4. The van der Waals surface area contributed by atoms with Crippen LogP contribution in [0, 0.1) is 17.1 Å². The van der Waals surface area contributed by atoms with Crippen LogP contribution in [0.3, 0.4) is 0 Å². The van der Waals surface area contributed by atoms with E-state index >= 15 is 0 Å². The van der Waals surface area contributed by atoms with Crippen molar-refractivity contribution >= 4 is 29.4 Å².